The van der Waals surface area contributed by atoms with Gasteiger partial charge in [-0.2, -0.15) is 5.10 Å². The van der Waals surface area contributed by atoms with Crippen molar-refractivity contribution >= 4 is 17.6 Å². The number of benzene rings is 2. The molecule has 0 bridgehead atoms. The first kappa shape index (κ1) is 17.4. The minimum Gasteiger partial charge on any atom is -0.461 e. The highest BCUT2D eigenvalue weighted by Gasteiger charge is 2.14. The molecule has 2 rings (SSSR count). The summed E-state index contributed by atoms with van der Waals surface area (Å²) in [6, 6.07) is 18.8. The van der Waals surface area contributed by atoms with E-state index in [-0.39, 0.29) is 24.6 Å². The number of hydrogen-bond donors (Lipinski definition) is 1. The second kappa shape index (κ2) is 9.25. The van der Waals surface area contributed by atoms with E-state index >= 15 is 0 Å². The monoisotopic (exact) mass is 324 g/mol. The van der Waals surface area contributed by atoms with Crippen LogP contribution in [-0.4, -0.2) is 24.2 Å². The summed E-state index contributed by atoms with van der Waals surface area (Å²) in [6.45, 7) is 1.98. The van der Waals surface area contributed by atoms with Crippen molar-refractivity contribution in [1.82, 2.24) is 5.43 Å². The number of amides is 1. The predicted molar refractivity (Wildman–Crippen MR) is 92.5 cm³/mol. The van der Waals surface area contributed by atoms with Gasteiger partial charge in [0.1, 0.15) is 5.71 Å². The molecule has 1 N–H and O–H groups in total. The molecule has 0 heterocycles. The number of carbonyl (C=O) groups excluding carboxylic acids is 2. The average Bonchev–Trinajstić information content (AvgIpc) is 2.60. The molecule has 0 aromatic heterocycles. The Morgan fingerprint density at radius 1 is 0.917 bits per heavy atom. The number of hydrogen-bond acceptors (Lipinski definition) is 4. The van der Waals surface area contributed by atoms with Crippen LogP contribution in [0.3, 0.4) is 0 Å². The van der Waals surface area contributed by atoms with Crippen molar-refractivity contribution < 1.29 is 14.3 Å². The lowest BCUT2D eigenvalue weighted by atomic mass is 10.1. The third kappa shape index (κ3) is 5.68. The Hall–Kier alpha value is -2.95. The quantitative estimate of drug-likeness (QED) is 0.483. The van der Waals surface area contributed by atoms with E-state index in [1.807, 2.05) is 60.7 Å². The van der Waals surface area contributed by atoms with Crippen LogP contribution in [-0.2, 0) is 27.2 Å². The summed E-state index contributed by atoms with van der Waals surface area (Å²) in [5.41, 5.74) is 4.41. The molecule has 0 saturated carbocycles. The van der Waals surface area contributed by atoms with Crippen molar-refractivity contribution in [3.63, 3.8) is 0 Å². The van der Waals surface area contributed by atoms with E-state index in [2.05, 4.69) is 10.5 Å². The summed E-state index contributed by atoms with van der Waals surface area (Å²) in [5, 5.41) is 3.98. The lowest BCUT2D eigenvalue weighted by molar-refractivity contribution is -0.135. The van der Waals surface area contributed by atoms with Gasteiger partial charge in [-0.15, -0.1) is 0 Å². The summed E-state index contributed by atoms with van der Waals surface area (Å²) < 4.78 is 5.01. The highest BCUT2D eigenvalue weighted by Crippen LogP contribution is 2.03. The molecule has 0 aliphatic heterocycles. The first-order valence-electron chi connectivity index (χ1n) is 7.79. The minimum atomic E-state index is -0.527. The van der Waals surface area contributed by atoms with Crippen LogP contribution >= 0.6 is 0 Å². The molecule has 0 fully saturated rings. The SMILES string of the molecule is CCOC(=O)/C(Cc1ccccc1)=N/NC(=O)Cc1ccccc1. The van der Waals surface area contributed by atoms with Crippen molar-refractivity contribution in [3.8, 4) is 0 Å². The molecule has 0 saturated heterocycles. The van der Waals surface area contributed by atoms with Crippen LogP contribution in [0, 0.1) is 0 Å². The van der Waals surface area contributed by atoms with Crippen LogP contribution in [0.15, 0.2) is 65.8 Å². The summed E-state index contributed by atoms with van der Waals surface area (Å²) in [4.78, 5) is 24.0. The zero-order chi connectivity index (χ0) is 17.2. The highest BCUT2D eigenvalue weighted by atomic mass is 16.5. The van der Waals surface area contributed by atoms with Crippen LogP contribution in [0.25, 0.3) is 0 Å². The normalized spacial score (nSPS) is 11.0. The Morgan fingerprint density at radius 2 is 1.46 bits per heavy atom. The second-order valence-corrected chi connectivity index (χ2v) is 5.14. The Kier molecular flexibility index (Phi) is 6.71. The molecule has 24 heavy (non-hydrogen) atoms. The molecule has 1 amide bonds. The number of ether oxygens (including phenoxy) is 1. The molecule has 0 atom stereocenters. The van der Waals surface area contributed by atoms with Gasteiger partial charge in [0.15, 0.2) is 0 Å². The molecule has 0 aliphatic rings. The van der Waals surface area contributed by atoms with Crippen LogP contribution < -0.4 is 5.43 Å². The number of nitrogens with zero attached hydrogens (tertiary/aromatic N) is 1. The standard InChI is InChI=1S/C19H20N2O3/c1-2-24-19(23)17(13-15-9-5-3-6-10-15)20-21-18(22)14-16-11-7-4-8-12-16/h3-12H,2,13-14H2,1H3,(H,21,22)/b20-17+. The lowest BCUT2D eigenvalue weighted by Gasteiger charge is -2.07. The molecule has 2 aromatic carbocycles. The second-order valence-electron chi connectivity index (χ2n) is 5.14. The summed E-state index contributed by atoms with van der Waals surface area (Å²) in [6.07, 6.45) is 0.497. The fraction of sp³-hybridized carbons (Fsp3) is 0.211. The number of nitrogens with one attached hydrogen (secondary N) is 1. The first-order valence-corrected chi connectivity index (χ1v) is 7.79. The lowest BCUT2D eigenvalue weighted by Crippen LogP contribution is -2.27. The molecular formula is C19H20N2O3. The molecule has 0 radical (unpaired) electrons. The maximum Gasteiger partial charge on any atom is 0.354 e. The fourth-order valence-electron chi connectivity index (χ4n) is 2.11. The van der Waals surface area contributed by atoms with E-state index in [1.165, 1.54) is 0 Å². The van der Waals surface area contributed by atoms with Crippen LogP contribution in [0.5, 0.6) is 0 Å². The van der Waals surface area contributed by atoms with Gasteiger partial charge < -0.3 is 4.74 Å². The van der Waals surface area contributed by atoms with Gasteiger partial charge in [-0.1, -0.05) is 60.7 Å². The van der Waals surface area contributed by atoms with E-state index in [4.69, 9.17) is 4.74 Å². The number of hydrazone groups is 1. The fourth-order valence-corrected chi connectivity index (χ4v) is 2.11. The van der Waals surface area contributed by atoms with Gasteiger partial charge >= 0.3 is 5.97 Å². The van der Waals surface area contributed by atoms with E-state index in [0.717, 1.165) is 11.1 Å². The molecule has 0 aliphatic carbocycles. The van der Waals surface area contributed by atoms with Crippen molar-refractivity contribution in [2.24, 2.45) is 5.10 Å². The van der Waals surface area contributed by atoms with Crippen LogP contribution in [0.1, 0.15) is 18.1 Å². The smallest absolute Gasteiger partial charge is 0.354 e. The van der Waals surface area contributed by atoms with Crippen LogP contribution in [0.4, 0.5) is 0 Å². The van der Waals surface area contributed by atoms with Gasteiger partial charge in [0.05, 0.1) is 13.0 Å². The average molecular weight is 324 g/mol. The van der Waals surface area contributed by atoms with Crippen molar-refractivity contribution in [3.05, 3.63) is 71.8 Å². The molecule has 2 aromatic rings. The van der Waals surface area contributed by atoms with Gasteiger partial charge in [-0.25, -0.2) is 10.2 Å². The molecule has 0 spiro atoms. The number of carbonyl (C=O) groups is 2. The van der Waals surface area contributed by atoms with E-state index in [1.54, 1.807) is 6.92 Å². The largest absolute Gasteiger partial charge is 0.461 e. The van der Waals surface area contributed by atoms with Crippen molar-refractivity contribution in [1.29, 1.82) is 0 Å². The maximum atomic E-state index is 12.0. The van der Waals surface area contributed by atoms with E-state index in [9.17, 15) is 9.59 Å². The molecule has 5 nitrogen and oxygen atoms in total. The number of esters is 1. The first-order chi connectivity index (χ1) is 11.7. The van der Waals surface area contributed by atoms with Gasteiger partial charge in [-0.3, -0.25) is 4.79 Å². The predicted octanol–water partition coefficient (Wildman–Crippen LogP) is 2.51. The topological polar surface area (TPSA) is 67.8 Å². The van der Waals surface area contributed by atoms with E-state index in [0.29, 0.717) is 6.42 Å². The van der Waals surface area contributed by atoms with Gasteiger partial charge in [0.2, 0.25) is 5.91 Å². The van der Waals surface area contributed by atoms with Crippen molar-refractivity contribution in [2.75, 3.05) is 6.61 Å². The molecule has 0 unspecified atom stereocenters. The minimum absolute atomic E-state index is 0.171. The zero-order valence-electron chi connectivity index (χ0n) is 13.6. The van der Waals surface area contributed by atoms with E-state index < -0.39 is 5.97 Å². The van der Waals surface area contributed by atoms with Gasteiger partial charge in [0, 0.05) is 6.42 Å². The summed E-state index contributed by atoms with van der Waals surface area (Å²) >= 11 is 0. The Morgan fingerprint density at radius 3 is 2.00 bits per heavy atom. The summed E-state index contributed by atoms with van der Waals surface area (Å²) in [7, 11) is 0. The molecule has 5 heteroatoms. The zero-order valence-corrected chi connectivity index (χ0v) is 13.6. The third-order valence-electron chi connectivity index (χ3n) is 3.25. The Balaban J connectivity index is 2.04. The Labute approximate surface area is 141 Å². The maximum absolute atomic E-state index is 12.0. The highest BCUT2D eigenvalue weighted by molar-refractivity contribution is 6.37. The van der Waals surface area contributed by atoms with Gasteiger partial charge in [0.25, 0.3) is 0 Å². The van der Waals surface area contributed by atoms with Gasteiger partial charge in [-0.05, 0) is 18.1 Å². The van der Waals surface area contributed by atoms with Crippen LogP contribution in [0.2, 0.25) is 0 Å². The third-order valence-corrected chi connectivity index (χ3v) is 3.25. The number of rotatable bonds is 7. The molecular weight excluding hydrogens is 304 g/mol. The Bertz CT molecular complexity index is 697. The van der Waals surface area contributed by atoms with Crippen molar-refractivity contribution in [2.45, 2.75) is 19.8 Å². The summed E-state index contributed by atoms with van der Waals surface area (Å²) in [5.74, 6) is -0.808. The molecule has 124 valence electrons.